The van der Waals surface area contributed by atoms with Gasteiger partial charge in [-0.3, -0.25) is 13.7 Å². The lowest BCUT2D eigenvalue weighted by Gasteiger charge is -2.14. The minimum atomic E-state index is -5.26. The summed E-state index contributed by atoms with van der Waals surface area (Å²) in [6.07, 6.45) is 0. The maximum atomic E-state index is 13.0. The van der Waals surface area contributed by atoms with Crippen molar-refractivity contribution in [1.29, 1.82) is 0 Å². The van der Waals surface area contributed by atoms with Gasteiger partial charge in [-0.2, -0.15) is 40.6 Å². The number of fused-ring (bicyclic) bond motifs is 4. The molecule has 84 heavy (non-hydrogen) atoms. The molecule has 0 bridgehead atoms. The van der Waals surface area contributed by atoms with Crippen LogP contribution in [0.25, 0.3) is 43.1 Å². The van der Waals surface area contributed by atoms with E-state index in [1.807, 2.05) is 0 Å². The number of carboxylic acid groups (broad SMARTS) is 2. The van der Waals surface area contributed by atoms with Crippen LogP contribution in [0.1, 0.15) is 20.7 Å². The van der Waals surface area contributed by atoms with Gasteiger partial charge in [-0.05, 0) is 95.7 Å². The number of nitrogens with two attached hydrogens (primary N) is 1. The van der Waals surface area contributed by atoms with E-state index in [2.05, 4.69) is 59.7 Å². The Bertz CT molecular complexity index is 4730. The van der Waals surface area contributed by atoms with Crippen molar-refractivity contribution in [3.05, 3.63) is 126 Å². The molecule has 0 aliphatic carbocycles. The summed E-state index contributed by atoms with van der Waals surface area (Å²) in [5.41, 5.74) is 2.47. The van der Waals surface area contributed by atoms with Crippen molar-refractivity contribution in [2.24, 2.45) is 40.9 Å². The Hall–Kier alpha value is -9.25. The van der Waals surface area contributed by atoms with Gasteiger partial charge in [0.1, 0.15) is 37.4 Å². The largest absolute Gasteiger partial charge is 0.505 e. The van der Waals surface area contributed by atoms with Gasteiger partial charge >= 0.3 is 11.9 Å². The van der Waals surface area contributed by atoms with Crippen molar-refractivity contribution in [3.63, 3.8) is 0 Å². The lowest BCUT2D eigenvalue weighted by Crippen LogP contribution is -2.02. The first kappa shape index (κ1) is 59.4. The second-order valence-electron chi connectivity index (χ2n) is 16.9. The lowest BCUT2D eigenvalue weighted by atomic mass is 10.0. The molecule has 0 unspecified atom stereocenters. The number of rotatable bonds is 19. The zero-order chi connectivity index (χ0) is 60.6. The standard InChI is InChI=1S/C48H31N9O22S5/c49-40-33(54-50-25-6-5-20-16-38(84(73,74)75)43(45(59)30(20)17-25)57-53-32-9-10-36(82(67,68)69)29-4-2-1-3-28(29)32)19-37(83(70,71)72)31-18-35(81-79-77-66)42(46(60)39(31)40)56-51-24-7-8-27-21(12-24)15-34(80-78-76-65)41(44(27)58)55-52-26-13-22(47(61)62)11-23(14-26)48(63)64/h1-19,58-60,65-66H,49H2,(H,61,62)(H,63,64)(H,67,68,69)(H,70,71,72)(H,73,74,75). The van der Waals surface area contributed by atoms with Gasteiger partial charge in [0.05, 0.1) is 78.8 Å². The minimum Gasteiger partial charge on any atom is -0.505 e. The maximum absolute atomic E-state index is 13.0. The zero-order valence-corrected chi connectivity index (χ0v) is 45.1. The van der Waals surface area contributed by atoms with Crippen molar-refractivity contribution in [2.75, 3.05) is 5.73 Å². The topological polar surface area (TPSA) is 501 Å². The van der Waals surface area contributed by atoms with Crippen LogP contribution in [0, 0.1) is 0 Å². The van der Waals surface area contributed by atoms with Crippen LogP contribution in [0.2, 0.25) is 0 Å². The van der Waals surface area contributed by atoms with Crippen LogP contribution in [0.3, 0.4) is 0 Å². The van der Waals surface area contributed by atoms with Gasteiger partial charge in [0.15, 0.2) is 17.2 Å². The van der Waals surface area contributed by atoms with Gasteiger partial charge in [-0.25, -0.2) is 20.1 Å². The highest BCUT2D eigenvalue weighted by Crippen LogP contribution is 2.51. The van der Waals surface area contributed by atoms with Gasteiger partial charge in [0.25, 0.3) is 30.4 Å². The molecule has 0 atom stereocenters. The summed E-state index contributed by atoms with van der Waals surface area (Å²) >= 11 is 0.477. The molecular formula is C48H31N9O22S5. The summed E-state index contributed by atoms with van der Waals surface area (Å²) in [5.74, 6) is -5.33. The number of benzene rings is 9. The number of azo groups is 4. The van der Waals surface area contributed by atoms with E-state index < -0.39 is 119 Å². The molecular weight excluding hydrogens is 1210 g/mol. The number of carboxylic acids is 2. The molecule has 9 aromatic carbocycles. The monoisotopic (exact) mass is 1250 g/mol. The number of hydrogen-bond donors (Lipinski definition) is 11. The number of carbonyl (C=O) groups is 2. The van der Waals surface area contributed by atoms with Crippen LogP contribution in [0.15, 0.2) is 181 Å². The number of hydrogen-bond acceptors (Lipinski definition) is 28. The molecule has 0 saturated carbocycles. The first-order valence-electron chi connectivity index (χ1n) is 22.5. The molecule has 36 heteroatoms. The van der Waals surface area contributed by atoms with E-state index in [0.717, 1.165) is 54.6 Å². The van der Waals surface area contributed by atoms with Gasteiger partial charge in [-0.15, -0.1) is 34.2 Å². The van der Waals surface area contributed by atoms with Gasteiger partial charge < -0.3 is 31.3 Å². The predicted octanol–water partition coefficient (Wildman–Crippen LogP) is 12.7. The predicted molar refractivity (Wildman–Crippen MR) is 293 cm³/mol. The summed E-state index contributed by atoms with van der Waals surface area (Å²) in [4.78, 5) is 20.6. The Morgan fingerprint density at radius 3 is 1.60 bits per heavy atom. The zero-order valence-electron chi connectivity index (χ0n) is 41.0. The summed E-state index contributed by atoms with van der Waals surface area (Å²) in [5, 5.41) is 110. The molecule has 0 saturated heterocycles. The number of aromatic carboxylic acids is 2. The van der Waals surface area contributed by atoms with Crippen molar-refractivity contribution in [1.82, 2.24) is 0 Å². The minimum absolute atomic E-state index is 0.0135. The number of phenols is 3. The van der Waals surface area contributed by atoms with E-state index in [1.165, 1.54) is 60.7 Å². The number of nitrogens with zero attached hydrogens (tertiary/aromatic N) is 8. The Labute approximate surface area is 476 Å². The molecule has 0 fully saturated rings. The van der Waals surface area contributed by atoms with E-state index in [9.17, 15) is 74.0 Å². The fraction of sp³-hybridized carbons (Fsp3) is 0. The second-order valence-corrected chi connectivity index (χ2v) is 22.6. The Kier molecular flexibility index (Phi) is 16.6. The highest BCUT2D eigenvalue weighted by molar-refractivity contribution is 7.95. The van der Waals surface area contributed by atoms with Gasteiger partial charge in [0, 0.05) is 26.9 Å². The van der Waals surface area contributed by atoms with Crippen molar-refractivity contribution in [2.45, 2.75) is 24.5 Å². The van der Waals surface area contributed by atoms with Crippen LogP contribution in [-0.4, -0.2) is 86.9 Å². The molecule has 0 aromatic heterocycles. The third-order valence-electron chi connectivity index (χ3n) is 11.9. The van der Waals surface area contributed by atoms with Crippen molar-refractivity contribution < 1.29 is 103 Å². The first-order chi connectivity index (χ1) is 39.8. The fourth-order valence-corrected chi connectivity index (χ4v) is 11.3. The SMILES string of the molecule is Nc1c(N=Nc2ccc3cc(S(=O)(=O)O)c(N=Nc4ccc(S(=O)(=O)O)c5ccccc45)c(O)c3c2)cc(S(=O)(=O)O)c2cc(SOOO)c(N=Nc3ccc4c(O)c(N=Nc5cc(C(=O)O)cc(C(=O)O)c5)c(SOOO)cc4c3)c(O)c12. The molecule has 0 radical (unpaired) electrons. The fourth-order valence-electron chi connectivity index (χ4n) is 8.23. The molecule has 12 N–H and O–H groups in total. The molecule has 9 aromatic rings. The van der Waals surface area contributed by atoms with Crippen molar-refractivity contribution >= 4 is 161 Å². The quantitative estimate of drug-likeness (QED) is 0.00894. The van der Waals surface area contributed by atoms with Gasteiger partial charge in [0.2, 0.25) is 0 Å². The highest BCUT2D eigenvalue weighted by atomic mass is 32.2. The Balaban J connectivity index is 1.10. The Morgan fingerprint density at radius 2 is 0.976 bits per heavy atom. The molecule has 31 nitrogen and oxygen atoms in total. The number of nitrogen functional groups attached to an aromatic ring is 1. The smallest absolute Gasteiger partial charge is 0.335 e. The molecule has 9 rings (SSSR count). The third-order valence-corrected chi connectivity index (χ3v) is 15.8. The van der Waals surface area contributed by atoms with E-state index >= 15 is 0 Å². The first-order valence-corrected chi connectivity index (χ1v) is 28.3. The summed E-state index contributed by atoms with van der Waals surface area (Å²) in [7, 11) is -15.1. The average Bonchev–Trinajstić information content (AvgIpc) is 1.24. The van der Waals surface area contributed by atoms with Crippen LogP contribution in [0.4, 0.5) is 51.2 Å². The molecule has 0 heterocycles. The number of phenolic OH excluding ortho intramolecular Hbond substituents is 3. The van der Waals surface area contributed by atoms with Crippen molar-refractivity contribution in [3.8, 4) is 17.2 Å². The van der Waals surface area contributed by atoms with E-state index in [1.54, 1.807) is 0 Å². The van der Waals surface area contributed by atoms with E-state index in [4.69, 9.17) is 16.2 Å². The van der Waals surface area contributed by atoms with Crippen LogP contribution in [-0.2, 0) is 49.1 Å². The maximum Gasteiger partial charge on any atom is 0.335 e. The molecule has 0 aliphatic heterocycles. The van der Waals surface area contributed by atoms with Crippen LogP contribution in [0.5, 0.6) is 17.2 Å². The molecule has 0 aliphatic rings. The normalized spacial score (nSPS) is 12.6. The lowest BCUT2D eigenvalue weighted by molar-refractivity contribution is -0.432. The second kappa shape index (κ2) is 23.5. The highest BCUT2D eigenvalue weighted by Gasteiger charge is 2.27. The van der Waals surface area contributed by atoms with Gasteiger partial charge in [-0.1, -0.05) is 40.4 Å². The molecule has 430 valence electrons. The number of aromatic hydroxyl groups is 3. The number of anilines is 1. The molecule has 0 amide bonds. The summed E-state index contributed by atoms with van der Waals surface area (Å²) in [6.45, 7) is 0. The van der Waals surface area contributed by atoms with E-state index in [-0.39, 0.29) is 82.6 Å². The summed E-state index contributed by atoms with van der Waals surface area (Å²) < 4.78 is 115. The average molecular weight is 1250 g/mol. The van der Waals surface area contributed by atoms with Crippen LogP contribution >= 0.6 is 24.1 Å². The van der Waals surface area contributed by atoms with E-state index in [0.29, 0.717) is 12.0 Å². The van der Waals surface area contributed by atoms with Crippen LogP contribution < -0.4 is 5.73 Å². The molecule has 0 spiro atoms. The third kappa shape index (κ3) is 12.3. The summed E-state index contributed by atoms with van der Waals surface area (Å²) in [6, 6.07) is 22.4. The Morgan fingerprint density at radius 1 is 0.440 bits per heavy atom.